The Morgan fingerprint density at radius 1 is 1.09 bits per heavy atom. The molecule has 0 bridgehead atoms. The fraction of sp³-hybridized carbons (Fsp3) is 0.429. The van der Waals surface area contributed by atoms with Crippen LogP contribution < -0.4 is 10.4 Å². The van der Waals surface area contributed by atoms with Crippen LogP contribution in [0, 0.1) is 17.3 Å². The minimum atomic E-state index is 0.112. The summed E-state index contributed by atoms with van der Waals surface area (Å²) in [6.07, 6.45) is 6.83. The number of fused-ring (bicyclic) bond motifs is 2. The highest BCUT2D eigenvalue weighted by atomic mass is 35.5. The predicted molar refractivity (Wildman–Crippen MR) is 102 cm³/mol. The predicted octanol–water partition coefficient (Wildman–Crippen LogP) is 5.34. The lowest BCUT2D eigenvalue weighted by atomic mass is 9.79. The maximum absolute atomic E-state index is 6.87. The minimum absolute atomic E-state index is 0.112. The molecule has 1 aromatic carbocycles. The van der Waals surface area contributed by atoms with E-state index in [1.54, 1.807) is 0 Å². The summed E-state index contributed by atoms with van der Waals surface area (Å²) in [5.41, 5.74) is 2.66. The zero-order valence-electron chi connectivity index (χ0n) is 14.3. The first-order valence-corrected chi connectivity index (χ1v) is 9.17. The summed E-state index contributed by atoms with van der Waals surface area (Å²) in [5.74, 6) is 0.705. The number of benzene rings is 1. The van der Waals surface area contributed by atoms with Crippen molar-refractivity contribution < 1.29 is 0 Å². The van der Waals surface area contributed by atoms with Crippen molar-refractivity contribution in [2.75, 3.05) is 0 Å². The summed E-state index contributed by atoms with van der Waals surface area (Å²) in [6, 6.07) is 8.23. The number of rotatable bonds is 1. The van der Waals surface area contributed by atoms with Gasteiger partial charge in [0.25, 0.3) is 0 Å². The van der Waals surface area contributed by atoms with Gasteiger partial charge in [0.2, 0.25) is 0 Å². The van der Waals surface area contributed by atoms with Gasteiger partial charge in [0.1, 0.15) is 0 Å². The molecule has 2 heteroatoms. The van der Waals surface area contributed by atoms with Crippen LogP contribution in [-0.4, -0.2) is 0 Å². The van der Waals surface area contributed by atoms with E-state index < -0.39 is 0 Å². The SMILES string of the molecule is CCC1CC=C(C(C)(C)C)C=C2C(Cl)=c3ccccc3=C(Cl)C21. The Morgan fingerprint density at radius 2 is 1.74 bits per heavy atom. The monoisotopic (exact) mass is 346 g/mol. The summed E-state index contributed by atoms with van der Waals surface area (Å²) in [7, 11) is 0. The van der Waals surface area contributed by atoms with Gasteiger partial charge in [0, 0.05) is 16.2 Å². The summed E-state index contributed by atoms with van der Waals surface area (Å²) < 4.78 is 0. The molecule has 2 aliphatic carbocycles. The highest BCUT2D eigenvalue weighted by Gasteiger charge is 2.34. The molecule has 0 N–H and O–H groups in total. The lowest BCUT2D eigenvalue weighted by molar-refractivity contribution is 0.448. The summed E-state index contributed by atoms with van der Waals surface area (Å²) in [5, 5.41) is 3.97. The second-order valence-electron chi connectivity index (χ2n) is 7.60. The van der Waals surface area contributed by atoms with Crippen LogP contribution in [0.25, 0.3) is 10.1 Å². The topological polar surface area (TPSA) is 0 Å². The van der Waals surface area contributed by atoms with Gasteiger partial charge in [-0.15, -0.1) is 0 Å². The zero-order valence-corrected chi connectivity index (χ0v) is 15.8. The van der Waals surface area contributed by atoms with Crippen molar-refractivity contribution in [3.63, 3.8) is 0 Å². The Hall–Kier alpha value is -0.980. The fourth-order valence-electron chi connectivity index (χ4n) is 3.66. The van der Waals surface area contributed by atoms with E-state index in [4.69, 9.17) is 23.2 Å². The average molecular weight is 347 g/mol. The van der Waals surface area contributed by atoms with Crippen molar-refractivity contribution in [1.29, 1.82) is 0 Å². The second kappa shape index (κ2) is 6.15. The lowest BCUT2D eigenvalue weighted by Crippen LogP contribution is -2.36. The van der Waals surface area contributed by atoms with Gasteiger partial charge < -0.3 is 0 Å². The first-order chi connectivity index (χ1) is 10.8. The van der Waals surface area contributed by atoms with Crippen LogP contribution in [0.15, 0.2) is 47.6 Å². The molecular weight excluding hydrogens is 323 g/mol. The van der Waals surface area contributed by atoms with Crippen LogP contribution in [0.3, 0.4) is 0 Å². The Balaban J connectivity index is 2.32. The molecular formula is C21H24Cl2. The molecule has 2 aliphatic rings. The van der Waals surface area contributed by atoms with E-state index in [0.717, 1.165) is 33.3 Å². The Labute approximate surface area is 149 Å². The van der Waals surface area contributed by atoms with E-state index in [-0.39, 0.29) is 11.3 Å². The summed E-state index contributed by atoms with van der Waals surface area (Å²) >= 11 is 13.7. The van der Waals surface area contributed by atoms with E-state index in [2.05, 4.69) is 52.0 Å². The largest absolute Gasteiger partial charge is 0.0878 e. The second-order valence-corrected chi connectivity index (χ2v) is 8.38. The standard InChI is InChI=1S/C21H24Cl2/c1-5-13-10-11-14(21(2,3)4)12-17-18(13)20(23)16-9-7-6-8-15(16)19(17)22/h6-9,11-13,18H,5,10H2,1-4H3. The molecule has 0 radical (unpaired) electrons. The first kappa shape index (κ1) is 16.9. The number of halogens is 2. The van der Waals surface area contributed by atoms with Gasteiger partial charge >= 0.3 is 0 Å². The molecule has 122 valence electrons. The van der Waals surface area contributed by atoms with Crippen molar-refractivity contribution in [3.8, 4) is 0 Å². The fourth-order valence-corrected chi connectivity index (χ4v) is 4.46. The first-order valence-electron chi connectivity index (χ1n) is 8.41. The van der Waals surface area contributed by atoms with Crippen LogP contribution in [0.2, 0.25) is 0 Å². The van der Waals surface area contributed by atoms with E-state index in [1.165, 1.54) is 11.1 Å². The molecule has 3 rings (SSSR count). The van der Waals surface area contributed by atoms with E-state index in [1.807, 2.05) is 12.1 Å². The molecule has 2 unspecified atom stereocenters. The van der Waals surface area contributed by atoms with E-state index in [0.29, 0.717) is 5.92 Å². The molecule has 0 amide bonds. The van der Waals surface area contributed by atoms with Crippen LogP contribution in [0.5, 0.6) is 0 Å². The Kier molecular flexibility index (Phi) is 4.51. The van der Waals surface area contributed by atoms with E-state index in [9.17, 15) is 0 Å². The molecule has 0 fully saturated rings. The number of allylic oxidation sites excluding steroid dienone is 4. The molecule has 23 heavy (non-hydrogen) atoms. The highest BCUT2D eigenvalue weighted by molar-refractivity contribution is 6.51. The lowest BCUT2D eigenvalue weighted by Gasteiger charge is -2.29. The van der Waals surface area contributed by atoms with Crippen molar-refractivity contribution in [2.45, 2.75) is 40.5 Å². The van der Waals surface area contributed by atoms with Gasteiger partial charge in [-0.25, -0.2) is 0 Å². The Morgan fingerprint density at radius 3 is 2.35 bits per heavy atom. The van der Waals surface area contributed by atoms with Gasteiger partial charge in [-0.3, -0.25) is 0 Å². The van der Waals surface area contributed by atoms with Gasteiger partial charge in [0.15, 0.2) is 0 Å². The maximum atomic E-state index is 6.87. The van der Waals surface area contributed by atoms with Gasteiger partial charge in [-0.2, -0.15) is 0 Å². The number of hydrogen-bond donors (Lipinski definition) is 0. The third kappa shape index (κ3) is 2.92. The van der Waals surface area contributed by atoms with Crippen LogP contribution in [0.4, 0.5) is 0 Å². The average Bonchev–Trinajstić information content (AvgIpc) is 2.72. The van der Waals surface area contributed by atoms with Gasteiger partial charge in [0.05, 0.1) is 5.03 Å². The zero-order chi connectivity index (χ0) is 16.8. The Bertz CT molecular complexity index is 803. The van der Waals surface area contributed by atoms with E-state index >= 15 is 0 Å². The van der Waals surface area contributed by atoms with Crippen LogP contribution in [-0.2, 0) is 0 Å². The van der Waals surface area contributed by atoms with Gasteiger partial charge in [-0.1, -0.05) is 93.7 Å². The van der Waals surface area contributed by atoms with Gasteiger partial charge in [-0.05, 0) is 34.1 Å². The van der Waals surface area contributed by atoms with Crippen LogP contribution >= 0.6 is 23.2 Å². The third-order valence-corrected chi connectivity index (χ3v) is 5.96. The van der Waals surface area contributed by atoms with Crippen molar-refractivity contribution in [1.82, 2.24) is 0 Å². The summed E-state index contributed by atoms with van der Waals surface area (Å²) in [4.78, 5) is 0. The quantitative estimate of drug-likeness (QED) is 0.643. The minimum Gasteiger partial charge on any atom is -0.0878 e. The van der Waals surface area contributed by atoms with Crippen molar-refractivity contribution in [3.05, 3.63) is 58.0 Å². The molecule has 0 spiro atoms. The van der Waals surface area contributed by atoms with Crippen molar-refractivity contribution in [2.24, 2.45) is 17.3 Å². The molecule has 0 nitrogen and oxygen atoms in total. The summed E-state index contributed by atoms with van der Waals surface area (Å²) in [6.45, 7) is 9.02. The normalized spacial score (nSPS) is 24.4. The molecule has 0 heterocycles. The molecule has 2 atom stereocenters. The molecule has 0 saturated heterocycles. The van der Waals surface area contributed by atoms with Crippen molar-refractivity contribution >= 4 is 33.3 Å². The molecule has 0 aliphatic heterocycles. The molecule has 0 saturated carbocycles. The molecule has 1 aromatic rings. The third-order valence-electron chi connectivity index (χ3n) is 5.10. The smallest absolute Gasteiger partial charge is 0.0523 e. The highest BCUT2D eigenvalue weighted by Crippen LogP contribution is 2.45. The maximum Gasteiger partial charge on any atom is 0.0523 e. The number of hydrogen-bond acceptors (Lipinski definition) is 0. The molecule has 0 aromatic heterocycles. The van der Waals surface area contributed by atoms with Crippen LogP contribution in [0.1, 0.15) is 40.5 Å².